The molecule has 0 radical (unpaired) electrons. The Morgan fingerprint density at radius 3 is 2.61 bits per heavy atom. The van der Waals surface area contributed by atoms with Crippen LogP contribution < -0.4 is 11.1 Å². The number of aryl methyl sites for hydroxylation is 3. The minimum Gasteiger partial charge on any atom is -0.399 e. The highest BCUT2D eigenvalue weighted by molar-refractivity contribution is 6.02. The van der Waals surface area contributed by atoms with Crippen molar-refractivity contribution in [2.24, 2.45) is 0 Å². The average Bonchev–Trinajstić information content (AvgIpc) is 3.06. The van der Waals surface area contributed by atoms with Gasteiger partial charge in [-0.1, -0.05) is 12.1 Å². The molecule has 0 fully saturated rings. The molecule has 0 bridgehead atoms. The first-order chi connectivity index (χ1) is 13.2. The summed E-state index contributed by atoms with van der Waals surface area (Å²) in [5, 5.41) is 7.70. The summed E-state index contributed by atoms with van der Waals surface area (Å²) in [5.41, 5.74) is 10.1. The summed E-state index contributed by atoms with van der Waals surface area (Å²) in [7, 11) is 0. The zero-order valence-corrected chi connectivity index (χ0v) is 16.9. The Labute approximate surface area is 165 Å². The lowest BCUT2D eigenvalue weighted by molar-refractivity contribution is 0.102. The highest BCUT2D eigenvalue weighted by Crippen LogP contribution is 2.23. The summed E-state index contributed by atoms with van der Waals surface area (Å²) >= 11 is 0. The minimum atomic E-state index is -0.266. The molecule has 0 aliphatic rings. The van der Waals surface area contributed by atoms with Crippen LogP contribution in [-0.2, 0) is 18.4 Å². The van der Waals surface area contributed by atoms with E-state index in [4.69, 9.17) is 10.8 Å². The van der Waals surface area contributed by atoms with Gasteiger partial charge in [0.15, 0.2) is 0 Å². The van der Waals surface area contributed by atoms with Gasteiger partial charge in [0.25, 0.3) is 5.91 Å². The maximum absolute atomic E-state index is 12.5. The van der Waals surface area contributed by atoms with Crippen molar-refractivity contribution in [3.05, 3.63) is 71.2 Å². The van der Waals surface area contributed by atoms with Crippen LogP contribution in [0.3, 0.4) is 0 Å². The topological polar surface area (TPSA) is 85.8 Å². The van der Waals surface area contributed by atoms with Crippen LogP contribution in [0.5, 0.6) is 0 Å². The largest absolute Gasteiger partial charge is 0.399 e. The summed E-state index contributed by atoms with van der Waals surface area (Å²) in [6.07, 6.45) is 3.21. The Balaban J connectivity index is 1.82. The van der Waals surface area contributed by atoms with E-state index in [1.165, 1.54) is 11.1 Å². The van der Waals surface area contributed by atoms with E-state index in [1.54, 1.807) is 24.4 Å². The third kappa shape index (κ3) is 4.57. The van der Waals surface area contributed by atoms with Gasteiger partial charge in [-0.15, -0.1) is 0 Å². The zero-order valence-electron chi connectivity index (χ0n) is 16.9. The lowest BCUT2D eigenvalue weighted by Gasteiger charge is -2.22. The van der Waals surface area contributed by atoms with Gasteiger partial charge in [0.05, 0.1) is 11.2 Å². The molecule has 0 spiro atoms. The molecule has 0 unspecified atom stereocenters. The Hall–Kier alpha value is -3.15. The number of nitrogens with zero attached hydrogens (tertiary/aromatic N) is 3. The second kappa shape index (κ2) is 7.84. The highest BCUT2D eigenvalue weighted by Gasteiger charge is 2.21. The first-order valence-corrected chi connectivity index (χ1v) is 9.41. The second-order valence-electron chi connectivity index (χ2n) is 7.96. The molecule has 0 aliphatic heterocycles. The van der Waals surface area contributed by atoms with Gasteiger partial charge in [0, 0.05) is 18.0 Å². The first kappa shape index (κ1) is 19.6. The monoisotopic (exact) mass is 377 g/mol. The van der Waals surface area contributed by atoms with Crippen molar-refractivity contribution in [3.8, 4) is 0 Å². The van der Waals surface area contributed by atoms with Crippen LogP contribution in [0.1, 0.15) is 48.1 Å². The maximum atomic E-state index is 12.5. The van der Waals surface area contributed by atoms with Gasteiger partial charge in [0.1, 0.15) is 11.5 Å². The SMILES string of the molecule is Cc1ccc(N)cc1CCc1cc(NC(=O)c2ccccn2)n(C(C)(C)C)n1. The fourth-order valence-electron chi connectivity index (χ4n) is 3.05. The molecule has 3 N–H and O–H groups in total. The molecule has 6 heteroatoms. The Kier molecular flexibility index (Phi) is 5.49. The fourth-order valence-corrected chi connectivity index (χ4v) is 3.05. The third-order valence-electron chi connectivity index (χ3n) is 4.56. The van der Waals surface area contributed by atoms with E-state index in [2.05, 4.69) is 38.0 Å². The number of hydrogen-bond donors (Lipinski definition) is 2. The van der Waals surface area contributed by atoms with Crippen LogP contribution >= 0.6 is 0 Å². The number of nitrogens with one attached hydrogen (secondary N) is 1. The standard InChI is InChI=1S/C22H27N5O/c1-15-8-10-17(23)13-16(15)9-11-18-14-20(27(26-18)22(2,3)4)25-21(28)19-7-5-6-12-24-19/h5-8,10,12-14H,9,11,23H2,1-4H3,(H,25,28). The average molecular weight is 377 g/mol. The van der Waals surface area contributed by atoms with E-state index < -0.39 is 0 Å². The zero-order chi connectivity index (χ0) is 20.3. The predicted molar refractivity (Wildman–Crippen MR) is 112 cm³/mol. The minimum absolute atomic E-state index is 0.246. The molecule has 0 saturated carbocycles. The molecule has 0 saturated heterocycles. The number of aromatic nitrogens is 3. The molecule has 0 atom stereocenters. The normalized spacial score (nSPS) is 11.4. The smallest absolute Gasteiger partial charge is 0.275 e. The summed E-state index contributed by atoms with van der Waals surface area (Å²) in [6.45, 7) is 8.26. The number of carbonyl (C=O) groups excluding carboxylic acids is 1. The molecule has 1 amide bonds. The number of hydrogen-bond acceptors (Lipinski definition) is 4. The summed E-state index contributed by atoms with van der Waals surface area (Å²) in [6, 6.07) is 13.2. The van der Waals surface area contributed by atoms with Gasteiger partial charge >= 0.3 is 0 Å². The van der Waals surface area contributed by atoms with Gasteiger partial charge in [-0.2, -0.15) is 5.10 Å². The van der Waals surface area contributed by atoms with Crippen molar-refractivity contribution in [2.45, 2.75) is 46.1 Å². The van der Waals surface area contributed by atoms with Crippen LogP contribution in [0, 0.1) is 6.92 Å². The van der Waals surface area contributed by atoms with Gasteiger partial charge in [-0.25, -0.2) is 4.68 Å². The molecule has 0 aliphatic carbocycles. The lowest BCUT2D eigenvalue weighted by Crippen LogP contribution is -2.27. The molecule has 146 valence electrons. The van der Waals surface area contributed by atoms with E-state index in [9.17, 15) is 4.79 Å². The number of rotatable bonds is 5. The van der Waals surface area contributed by atoms with Crippen molar-refractivity contribution in [3.63, 3.8) is 0 Å². The van der Waals surface area contributed by atoms with Crippen molar-refractivity contribution >= 4 is 17.4 Å². The van der Waals surface area contributed by atoms with Gasteiger partial charge in [0.2, 0.25) is 0 Å². The molecule has 3 rings (SSSR count). The van der Waals surface area contributed by atoms with Crippen LogP contribution in [-0.4, -0.2) is 20.7 Å². The quantitative estimate of drug-likeness (QED) is 0.659. The number of amides is 1. The number of pyridine rings is 1. The van der Waals surface area contributed by atoms with Crippen LogP contribution in [0.25, 0.3) is 0 Å². The fraction of sp³-hybridized carbons (Fsp3) is 0.318. The van der Waals surface area contributed by atoms with Gasteiger partial charge in [-0.05, 0) is 75.9 Å². The number of benzene rings is 1. The van der Waals surface area contributed by atoms with Crippen molar-refractivity contribution in [2.75, 3.05) is 11.1 Å². The highest BCUT2D eigenvalue weighted by atomic mass is 16.2. The Bertz CT molecular complexity index is 970. The molecule has 6 nitrogen and oxygen atoms in total. The van der Waals surface area contributed by atoms with Gasteiger partial charge < -0.3 is 11.1 Å². The molecule has 2 heterocycles. The molecule has 1 aromatic carbocycles. The van der Waals surface area contributed by atoms with Crippen molar-refractivity contribution in [1.29, 1.82) is 0 Å². The number of nitrogen functional groups attached to an aromatic ring is 1. The molecule has 28 heavy (non-hydrogen) atoms. The molecular weight excluding hydrogens is 350 g/mol. The Morgan fingerprint density at radius 2 is 1.93 bits per heavy atom. The second-order valence-corrected chi connectivity index (χ2v) is 7.96. The van der Waals surface area contributed by atoms with Crippen molar-refractivity contribution in [1.82, 2.24) is 14.8 Å². The van der Waals surface area contributed by atoms with E-state index in [1.807, 2.05) is 28.9 Å². The summed E-state index contributed by atoms with van der Waals surface area (Å²) in [5.74, 6) is 0.423. The number of nitrogens with two attached hydrogens (primary N) is 1. The van der Waals surface area contributed by atoms with Crippen molar-refractivity contribution < 1.29 is 4.79 Å². The third-order valence-corrected chi connectivity index (χ3v) is 4.56. The molecular formula is C22H27N5O. The van der Waals surface area contributed by atoms with Gasteiger partial charge in [-0.3, -0.25) is 9.78 Å². The van der Waals surface area contributed by atoms with E-state index in [-0.39, 0.29) is 11.4 Å². The van der Waals surface area contributed by atoms with Crippen LogP contribution in [0.2, 0.25) is 0 Å². The summed E-state index contributed by atoms with van der Waals surface area (Å²) in [4.78, 5) is 16.6. The Morgan fingerprint density at radius 1 is 1.14 bits per heavy atom. The molecule has 3 aromatic rings. The number of anilines is 2. The van der Waals surface area contributed by atoms with E-state index in [0.717, 1.165) is 24.2 Å². The van der Waals surface area contributed by atoms with E-state index in [0.29, 0.717) is 11.5 Å². The predicted octanol–water partition coefficient (Wildman–Crippen LogP) is 3.96. The first-order valence-electron chi connectivity index (χ1n) is 9.41. The van der Waals surface area contributed by atoms with E-state index >= 15 is 0 Å². The maximum Gasteiger partial charge on any atom is 0.275 e. The lowest BCUT2D eigenvalue weighted by atomic mass is 10.0. The summed E-state index contributed by atoms with van der Waals surface area (Å²) < 4.78 is 1.86. The number of carbonyl (C=O) groups is 1. The van der Waals surface area contributed by atoms with Crippen LogP contribution in [0.4, 0.5) is 11.5 Å². The van der Waals surface area contributed by atoms with Crippen LogP contribution in [0.15, 0.2) is 48.7 Å². The molecule has 2 aromatic heterocycles.